The number of guanidine groups is 1. The van der Waals surface area contributed by atoms with Crippen LogP contribution < -0.4 is 15.4 Å². The highest BCUT2D eigenvalue weighted by molar-refractivity contribution is 5.80. The lowest BCUT2D eigenvalue weighted by Gasteiger charge is -2.38. The van der Waals surface area contributed by atoms with Gasteiger partial charge in [0.25, 0.3) is 0 Å². The number of carbonyl (C=O) groups excluding carboxylic acids is 1. The Morgan fingerprint density at radius 2 is 1.90 bits per heavy atom. The molecule has 0 bridgehead atoms. The molecule has 30 heavy (non-hydrogen) atoms. The zero-order valence-corrected chi connectivity index (χ0v) is 18.7. The van der Waals surface area contributed by atoms with E-state index >= 15 is 0 Å². The van der Waals surface area contributed by atoms with Crippen LogP contribution in [0, 0.1) is 12.8 Å². The van der Waals surface area contributed by atoms with Gasteiger partial charge in [0.15, 0.2) is 5.96 Å². The van der Waals surface area contributed by atoms with Gasteiger partial charge in [-0.2, -0.15) is 0 Å². The second kappa shape index (κ2) is 11.2. The first-order chi connectivity index (χ1) is 14.6. The molecule has 2 N–H and O–H groups in total. The van der Waals surface area contributed by atoms with Crippen LogP contribution in [-0.4, -0.2) is 81.6 Å². The van der Waals surface area contributed by atoms with E-state index in [0.717, 1.165) is 82.3 Å². The van der Waals surface area contributed by atoms with E-state index in [9.17, 15) is 4.79 Å². The first kappa shape index (κ1) is 22.4. The molecule has 1 heterocycles. The lowest BCUT2D eigenvalue weighted by atomic mass is 9.84. The quantitative estimate of drug-likeness (QED) is 0.499. The van der Waals surface area contributed by atoms with Crippen LogP contribution in [0.2, 0.25) is 0 Å². The van der Waals surface area contributed by atoms with Crippen LogP contribution >= 0.6 is 0 Å². The largest absolute Gasteiger partial charge is 0.496 e. The highest BCUT2D eigenvalue weighted by Crippen LogP contribution is 2.28. The number of rotatable bonds is 8. The molecule has 0 aromatic heterocycles. The van der Waals surface area contributed by atoms with Crippen molar-refractivity contribution in [2.45, 2.75) is 32.6 Å². The fraction of sp³-hybridized carbons (Fsp3) is 0.652. The third-order valence-corrected chi connectivity index (χ3v) is 6.26. The van der Waals surface area contributed by atoms with Crippen LogP contribution in [0.15, 0.2) is 23.2 Å². The Morgan fingerprint density at radius 1 is 1.17 bits per heavy atom. The van der Waals surface area contributed by atoms with E-state index in [4.69, 9.17) is 4.74 Å². The molecule has 0 unspecified atom stereocenters. The van der Waals surface area contributed by atoms with Gasteiger partial charge < -0.3 is 20.3 Å². The van der Waals surface area contributed by atoms with E-state index in [1.165, 1.54) is 12.0 Å². The van der Waals surface area contributed by atoms with Crippen LogP contribution in [0.1, 0.15) is 30.4 Å². The summed E-state index contributed by atoms with van der Waals surface area (Å²) in [6.45, 7) is 8.32. The van der Waals surface area contributed by atoms with Crippen LogP contribution in [0.25, 0.3) is 0 Å². The summed E-state index contributed by atoms with van der Waals surface area (Å²) in [5.41, 5.74) is 2.40. The number of piperazine rings is 1. The zero-order valence-electron chi connectivity index (χ0n) is 18.7. The van der Waals surface area contributed by atoms with Gasteiger partial charge in [-0.25, -0.2) is 0 Å². The molecule has 3 rings (SSSR count). The highest BCUT2D eigenvalue weighted by atomic mass is 16.5. The number of hydrogen-bond acceptors (Lipinski definition) is 4. The molecule has 0 spiro atoms. The van der Waals surface area contributed by atoms with Gasteiger partial charge in [0.05, 0.1) is 7.11 Å². The smallest absolute Gasteiger partial charge is 0.225 e. The molecule has 1 saturated heterocycles. The standard InChI is InChI=1S/C23H37N5O2/c1-18-7-8-19(17-21(18)30-3)9-10-25-23(24-2)26-11-12-27-13-15-28(16-14-27)22(29)20-5-4-6-20/h7-8,17,20H,4-6,9-16H2,1-3H3,(H2,24,25,26). The van der Waals surface area contributed by atoms with Crippen molar-refractivity contribution in [1.82, 2.24) is 20.4 Å². The molecule has 7 heteroatoms. The first-order valence-corrected chi connectivity index (χ1v) is 11.2. The third-order valence-electron chi connectivity index (χ3n) is 6.26. The molecule has 2 fully saturated rings. The van der Waals surface area contributed by atoms with Crippen molar-refractivity contribution in [1.29, 1.82) is 0 Å². The maximum Gasteiger partial charge on any atom is 0.225 e. The van der Waals surface area contributed by atoms with Crippen LogP contribution in [0.5, 0.6) is 5.75 Å². The second-order valence-electron chi connectivity index (χ2n) is 8.27. The molecule has 1 aliphatic carbocycles. The van der Waals surface area contributed by atoms with Crippen LogP contribution in [-0.2, 0) is 11.2 Å². The van der Waals surface area contributed by atoms with Crippen molar-refractivity contribution >= 4 is 11.9 Å². The van der Waals surface area contributed by atoms with Gasteiger partial charge in [0.1, 0.15) is 5.75 Å². The maximum atomic E-state index is 12.3. The Kier molecular flexibility index (Phi) is 8.37. The molecule has 0 radical (unpaired) electrons. The Bertz CT molecular complexity index is 724. The molecule has 1 amide bonds. The molecular weight excluding hydrogens is 378 g/mol. The van der Waals surface area contributed by atoms with Crippen molar-refractivity contribution in [2.75, 3.05) is 60.0 Å². The Balaban J connectivity index is 1.31. The Labute approximate surface area is 180 Å². The summed E-state index contributed by atoms with van der Waals surface area (Å²) < 4.78 is 5.40. The minimum Gasteiger partial charge on any atom is -0.496 e. The number of ether oxygens (including phenoxy) is 1. The van der Waals surface area contributed by atoms with Crippen LogP contribution in [0.4, 0.5) is 0 Å². The number of nitrogens with one attached hydrogen (secondary N) is 2. The summed E-state index contributed by atoms with van der Waals surface area (Å²) in [6, 6.07) is 6.34. The van der Waals surface area contributed by atoms with Crippen molar-refractivity contribution in [3.63, 3.8) is 0 Å². The number of carbonyl (C=O) groups is 1. The molecule has 1 saturated carbocycles. The van der Waals surface area contributed by atoms with E-state index in [1.807, 2.05) is 0 Å². The van der Waals surface area contributed by atoms with Gasteiger partial charge in [-0.05, 0) is 43.4 Å². The van der Waals surface area contributed by atoms with Crippen molar-refractivity contribution < 1.29 is 9.53 Å². The minimum atomic E-state index is 0.314. The van der Waals surface area contributed by atoms with Crippen molar-refractivity contribution in [3.8, 4) is 5.75 Å². The maximum absolute atomic E-state index is 12.3. The van der Waals surface area contributed by atoms with E-state index in [2.05, 4.69) is 50.5 Å². The lowest BCUT2D eigenvalue weighted by molar-refractivity contribution is -0.139. The van der Waals surface area contributed by atoms with E-state index in [1.54, 1.807) is 14.2 Å². The van der Waals surface area contributed by atoms with Gasteiger partial charge in [-0.1, -0.05) is 18.6 Å². The van der Waals surface area contributed by atoms with Crippen molar-refractivity contribution in [3.05, 3.63) is 29.3 Å². The van der Waals surface area contributed by atoms with Crippen molar-refractivity contribution in [2.24, 2.45) is 10.9 Å². The van der Waals surface area contributed by atoms with Gasteiger partial charge in [-0.15, -0.1) is 0 Å². The molecule has 2 aliphatic rings. The lowest BCUT2D eigenvalue weighted by Crippen LogP contribution is -2.52. The molecule has 1 aliphatic heterocycles. The molecule has 1 aromatic carbocycles. The summed E-state index contributed by atoms with van der Waals surface area (Å²) in [5, 5.41) is 6.78. The summed E-state index contributed by atoms with van der Waals surface area (Å²) in [6.07, 6.45) is 4.31. The summed E-state index contributed by atoms with van der Waals surface area (Å²) >= 11 is 0. The zero-order chi connectivity index (χ0) is 21.3. The average Bonchev–Trinajstić information content (AvgIpc) is 2.73. The van der Waals surface area contributed by atoms with Gasteiger partial charge >= 0.3 is 0 Å². The van der Waals surface area contributed by atoms with E-state index in [0.29, 0.717) is 11.8 Å². The fourth-order valence-corrected chi connectivity index (χ4v) is 4.00. The second-order valence-corrected chi connectivity index (χ2v) is 8.27. The normalized spacial score (nSPS) is 18.1. The average molecular weight is 416 g/mol. The fourth-order valence-electron chi connectivity index (χ4n) is 4.00. The number of nitrogens with zero attached hydrogens (tertiary/aromatic N) is 3. The third kappa shape index (κ3) is 6.11. The number of methoxy groups -OCH3 is 1. The predicted molar refractivity (Wildman–Crippen MR) is 121 cm³/mol. The Morgan fingerprint density at radius 3 is 2.53 bits per heavy atom. The summed E-state index contributed by atoms with van der Waals surface area (Å²) in [7, 11) is 3.51. The first-order valence-electron chi connectivity index (χ1n) is 11.2. The number of aryl methyl sites for hydroxylation is 1. The number of aliphatic imine (C=N–C) groups is 1. The van der Waals surface area contributed by atoms with Gasteiger partial charge in [0, 0.05) is 58.8 Å². The SMILES string of the molecule is CN=C(NCCc1ccc(C)c(OC)c1)NCCN1CCN(C(=O)C2CCC2)CC1. The summed E-state index contributed by atoms with van der Waals surface area (Å²) in [4.78, 5) is 21.2. The molecule has 7 nitrogen and oxygen atoms in total. The summed E-state index contributed by atoms with van der Waals surface area (Å²) in [5.74, 6) is 2.46. The van der Waals surface area contributed by atoms with Gasteiger partial charge in [-0.3, -0.25) is 14.7 Å². The monoisotopic (exact) mass is 415 g/mol. The molecular formula is C23H37N5O2. The topological polar surface area (TPSA) is 69.2 Å². The number of amides is 1. The number of hydrogen-bond donors (Lipinski definition) is 2. The minimum absolute atomic E-state index is 0.314. The molecule has 0 atom stereocenters. The molecule has 1 aromatic rings. The van der Waals surface area contributed by atoms with Gasteiger partial charge in [0.2, 0.25) is 5.91 Å². The van der Waals surface area contributed by atoms with E-state index < -0.39 is 0 Å². The molecule has 166 valence electrons. The highest BCUT2D eigenvalue weighted by Gasteiger charge is 2.30. The Hall–Kier alpha value is -2.28. The predicted octanol–water partition coefficient (Wildman–Crippen LogP) is 1.66. The number of benzene rings is 1. The van der Waals surface area contributed by atoms with E-state index in [-0.39, 0.29) is 0 Å². The van der Waals surface area contributed by atoms with Crippen LogP contribution in [0.3, 0.4) is 0 Å².